The van der Waals surface area contributed by atoms with Crippen molar-refractivity contribution in [3.8, 4) is 22.3 Å². The number of furan rings is 2. The van der Waals surface area contributed by atoms with E-state index in [1.165, 1.54) is 88.4 Å². The second kappa shape index (κ2) is 17.8. The van der Waals surface area contributed by atoms with Gasteiger partial charge in [0.1, 0.15) is 22.3 Å². The van der Waals surface area contributed by atoms with Gasteiger partial charge in [-0.2, -0.15) is 0 Å². The Morgan fingerprint density at radius 1 is 0.329 bits per heavy atom. The smallest absolute Gasteiger partial charge is 0.143 e. The van der Waals surface area contributed by atoms with Crippen LogP contribution in [0.4, 0.5) is 34.1 Å². The number of hydrogen-bond acceptors (Lipinski definition) is 4. The molecule has 4 nitrogen and oxygen atoms in total. The third-order valence-corrected chi connectivity index (χ3v) is 16.3. The van der Waals surface area contributed by atoms with Crippen molar-refractivity contribution >= 4 is 110 Å². The summed E-state index contributed by atoms with van der Waals surface area (Å²) in [6, 6.07) is 75.7. The van der Waals surface area contributed by atoms with Gasteiger partial charge in [0.15, 0.2) is 0 Å². The van der Waals surface area contributed by atoms with E-state index in [4.69, 9.17) is 8.83 Å². The lowest BCUT2D eigenvalue weighted by Crippen LogP contribution is -2.15. The number of fused-ring (bicyclic) bond motifs is 6. The molecule has 0 atom stereocenters. The summed E-state index contributed by atoms with van der Waals surface area (Å²) in [6.45, 7) is 13.6. The van der Waals surface area contributed by atoms with Crippen LogP contribution in [0, 0.1) is 27.7 Å². The maximum Gasteiger partial charge on any atom is 0.143 e. The Morgan fingerprint density at radius 3 is 1.08 bits per heavy atom. The molecule has 14 aromatic rings. The molecule has 0 aliphatic carbocycles. The van der Waals surface area contributed by atoms with Gasteiger partial charge in [-0.3, -0.25) is 0 Å². The molecule has 366 valence electrons. The molecule has 0 amide bonds. The zero-order valence-electron chi connectivity index (χ0n) is 43.8. The lowest BCUT2D eigenvalue weighted by atomic mass is 9.86. The van der Waals surface area contributed by atoms with Crippen molar-refractivity contribution in [3.63, 3.8) is 0 Å². The Balaban J connectivity index is 0.977. The van der Waals surface area contributed by atoms with E-state index < -0.39 is 0 Å². The van der Waals surface area contributed by atoms with E-state index in [9.17, 15) is 0 Å². The molecule has 0 unspecified atom stereocenters. The number of nitrogens with zero attached hydrogens (tertiary/aromatic N) is 2. The van der Waals surface area contributed by atoms with Gasteiger partial charge in [0.25, 0.3) is 0 Å². The minimum absolute atomic E-state index is 0.887. The number of para-hydroxylation sites is 6. The van der Waals surface area contributed by atoms with Crippen molar-refractivity contribution in [1.82, 2.24) is 0 Å². The molecule has 0 saturated carbocycles. The molecular formula is C72H56N2O2. The molecule has 0 aliphatic rings. The predicted molar refractivity (Wildman–Crippen MR) is 323 cm³/mol. The molecule has 0 bridgehead atoms. The van der Waals surface area contributed by atoms with Gasteiger partial charge < -0.3 is 18.6 Å². The van der Waals surface area contributed by atoms with Crippen LogP contribution in [0.5, 0.6) is 0 Å². The molecule has 0 aliphatic heterocycles. The third-order valence-electron chi connectivity index (χ3n) is 16.3. The zero-order valence-corrected chi connectivity index (χ0v) is 43.8. The molecular weight excluding hydrogens is 925 g/mol. The van der Waals surface area contributed by atoms with Crippen LogP contribution in [0.3, 0.4) is 0 Å². The van der Waals surface area contributed by atoms with Crippen LogP contribution in [0.25, 0.3) is 98.4 Å². The summed E-state index contributed by atoms with van der Waals surface area (Å²) >= 11 is 0. The second-order valence-electron chi connectivity index (χ2n) is 20.7. The summed E-state index contributed by atoms with van der Waals surface area (Å²) in [5.41, 5.74) is 22.5. The Bertz CT molecular complexity index is 4260. The zero-order chi connectivity index (χ0) is 51.3. The Kier molecular flexibility index (Phi) is 10.6. The Morgan fingerprint density at radius 2 is 0.684 bits per heavy atom. The predicted octanol–water partition coefficient (Wildman–Crippen LogP) is 21.0. The standard InChI is InChI=1S/C72H56N2O2/c1-7-47-41-63(73(69-43(3)17-13-18-44(69)4)51-33-29-49(30-34-51)55-23-15-25-59-57-21-9-11-27-65(57)75-71(55)59)61-40-38-54-48(8-2)42-64(62-39-37-53(47)67(61)68(54)62)74(70-45(5)19-14-20-46(70)6)52-35-31-50(32-36-52)56-24-16-26-60-58-22-10-12-28-66(58)76-72(56)60/h9-42H,7-8H2,1-6H3. The Labute approximate surface area is 443 Å². The fourth-order valence-electron chi connectivity index (χ4n) is 12.7. The van der Waals surface area contributed by atoms with E-state index >= 15 is 0 Å². The highest BCUT2D eigenvalue weighted by Crippen LogP contribution is 2.52. The number of anilines is 6. The highest BCUT2D eigenvalue weighted by Gasteiger charge is 2.27. The van der Waals surface area contributed by atoms with Crippen molar-refractivity contribution in [2.75, 3.05) is 9.80 Å². The van der Waals surface area contributed by atoms with Crippen LogP contribution in [-0.2, 0) is 12.8 Å². The lowest BCUT2D eigenvalue weighted by Gasteiger charge is -2.33. The van der Waals surface area contributed by atoms with Crippen LogP contribution in [0.1, 0.15) is 47.2 Å². The maximum atomic E-state index is 6.54. The highest BCUT2D eigenvalue weighted by molar-refractivity contribution is 6.29. The van der Waals surface area contributed by atoms with Crippen molar-refractivity contribution < 1.29 is 8.83 Å². The fraction of sp³-hybridized carbons (Fsp3) is 0.111. The van der Waals surface area contributed by atoms with Gasteiger partial charge >= 0.3 is 0 Å². The van der Waals surface area contributed by atoms with E-state index in [1.807, 2.05) is 12.1 Å². The van der Waals surface area contributed by atoms with Crippen molar-refractivity contribution in [2.24, 2.45) is 0 Å². The summed E-state index contributed by atoms with van der Waals surface area (Å²) in [5, 5.41) is 12.2. The number of aryl methyl sites for hydroxylation is 6. The topological polar surface area (TPSA) is 32.8 Å². The highest BCUT2D eigenvalue weighted by atomic mass is 16.3. The van der Waals surface area contributed by atoms with Gasteiger partial charge in [-0.1, -0.05) is 172 Å². The number of benzene rings is 12. The van der Waals surface area contributed by atoms with Gasteiger partial charge in [0, 0.05) is 54.8 Å². The molecule has 14 rings (SSSR count). The van der Waals surface area contributed by atoms with Crippen LogP contribution in [-0.4, -0.2) is 0 Å². The summed E-state index contributed by atoms with van der Waals surface area (Å²) < 4.78 is 13.1. The van der Waals surface area contributed by atoms with E-state index in [-0.39, 0.29) is 0 Å². The summed E-state index contributed by atoms with van der Waals surface area (Å²) in [7, 11) is 0. The summed E-state index contributed by atoms with van der Waals surface area (Å²) in [5.74, 6) is 0. The average molecular weight is 981 g/mol. The molecule has 76 heavy (non-hydrogen) atoms. The molecule has 12 aromatic carbocycles. The lowest BCUT2D eigenvalue weighted by molar-refractivity contribution is 0.669. The molecule has 2 aromatic heterocycles. The van der Waals surface area contributed by atoms with E-state index in [2.05, 4.69) is 245 Å². The first-order chi connectivity index (χ1) is 37.3. The third kappa shape index (κ3) is 6.97. The van der Waals surface area contributed by atoms with E-state index in [1.54, 1.807) is 0 Å². The molecule has 0 spiro atoms. The largest absolute Gasteiger partial charge is 0.455 e. The maximum absolute atomic E-state index is 6.54. The number of hydrogen-bond donors (Lipinski definition) is 0. The van der Waals surface area contributed by atoms with Gasteiger partial charge in [0.2, 0.25) is 0 Å². The van der Waals surface area contributed by atoms with E-state index in [0.717, 1.165) is 90.3 Å². The van der Waals surface area contributed by atoms with E-state index in [0.29, 0.717) is 0 Å². The first kappa shape index (κ1) is 45.5. The van der Waals surface area contributed by atoms with Gasteiger partial charge in [-0.25, -0.2) is 0 Å². The fourth-order valence-corrected chi connectivity index (χ4v) is 12.7. The van der Waals surface area contributed by atoms with Gasteiger partial charge in [-0.15, -0.1) is 0 Å². The van der Waals surface area contributed by atoms with Crippen LogP contribution >= 0.6 is 0 Å². The molecule has 0 fully saturated rings. The van der Waals surface area contributed by atoms with Crippen molar-refractivity contribution in [3.05, 3.63) is 240 Å². The SMILES string of the molecule is CCc1cc(N(c2ccc(-c3cccc4c3oc3ccccc34)cc2)c2c(C)cccc2C)c2ccc3c(CC)cc(N(c4ccc(-c5cccc6c5oc5ccccc56)cc4)c4c(C)cccc4C)c4ccc1c2c34. The molecule has 2 heterocycles. The monoisotopic (exact) mass is 980 g/mol. The minimum Gasteiger partial charge on any atom is -0.455 e. The van der Waals surface area contributed by atoms with Crippen LogP contribution in [0.2, 0.25) is 0 Å². The van der Waals surface area contributed by atoms with Crippen LogP contribution < -0.4 is 9.80 Å². The molecule has 0 radical (unpaired) electrons. The quantitative estimate of drug-likeness (QED) is 0.128. The van der Waals surface area contributed by atoms with Crippen molar-refractivity contribution in [1.29, 1.82) is 0 Å². The van der Waals surface area contributed by atoms with Crippen LogP contribution in [0.15, 0.2) is 215 Å². The first-order valence-corrected chi connectivity index (χ1v) is 26.8. The summed E-state index contributed by atoms with van der Waals surface area (Å²) in [6.07, 6.45) is 1.77. The molecule has 0 N–H and O–H groups in total. The van der Waals surface area contributed by atoms with Crippen molar-refractivity contribution in [2.45, 2.75) is 54.4 Å². The molecule has 4 heteroatoms. The molecule has 0 saturated heterocycles. The number of rotatable bonds is 10. The normalized spacial score (nSPS) is 11.9. The average Bonchev–Trinajstić information content (AvgIpc) is 4.04. The Hall–Kier alpha value is -9.12. The minimum atomic E-state index is 0.887. The van der Waals surface area contributed by atoms with Gasteiger partial charge in [0.05, 0.1) is 22.7 Å². The summed E-state index contributed by atoms with van der Waals surface area (Å²) in [4.78, 5) is 5.05. The second-order valence-corrected chi connectivity index (χ2v) is 20.7. The van der Waals surface area contributed by atoms with Gasteiger partial charge in [-0.05, 0) is 155 Å². The first-order valence-electron chi connectivity index (χ1n) is 26.8.